The molecule has 1 rings (SSSR count). The third-order valence-electron chi connectivity index (χ3n) is 1.97. The van der Waals surface area contributed by atoms with Gasteiger partial charge in [-0.25, -0.2) is 26.3 Å². The lowest BCUT2D eigenvalue weighted by Gasteiger charge is -2.12. The van der Waals surface area contributed by atoms with Crippen molar-refractivity contribution >= 4 is 22.4 Å². The highest BCUT2D eigenvalue weighted by Gasteiger charge is 2.23. The smallest absolute Gasteiger partial charge is 0.243 e. The number of hydrogen-bond donors (Lipinski definition) is 2. The maximum atomic E-state index is 13.2. The predicted octanol–water partition coefficient (Wildman–Crippen LogP) is 1.15. The van der Waals surface area contributed by atoms with Gasteiger partial charge in [0, 0.05) is 18.7 Å². The summed E-state index contributed by atoms with van der Waals surface area (Å²) in [6.07, 6.45) is 0. The van der Waals surface area contributed by atoms with Gasteiger partial charge in [0.2, 0.25) is 10.0 Å². The number of rotatable bonds is 4. The predicted molar refractivity (Wildman–Crippen MR) is 62.4 cm³/mol. The average Bonchev–Trinajstić information content (AvgIpc) is 2.22. The molecule has 1 atom stereocenters. The van der Waals surface area contributed by atoms with Crippen LogP contribution in [-0.2, 0) is 10.0 Å². The minimum absolute atomic E-state index is 0. The molecule has 0 amide bonds. The van der Waals surface area contributed by atoms with Crippen molar-refractivity contribution in [3.63, 3.8) is 0 Å². The van der Waals surface area contributed by atoms with E-state index in [0.717, 1.165) is 0 Å². The monoisotopic (exact) mass is 304 g/mol. The maximum absolute atomic E-state index is 13.2. The molecule has 1 aromatic carbocycles. The summed E-state index contributed by atoms with van der Waals surface area (Å²) in [5, 5.41) is 0. The molecule has 4 nitrogen and oxygen atoms in total. The number of benzene rings is 1. The van der Waals surface area contributed by atoms with Crippen molar-refractivity contribution in [3.8, 4) is 0 Å². The van der Waals surface area contributed by atoms with Crippen LogP contribution in [0.2, 0.25) is 0 Å². The van der Waals surface area contributed by atoms with E-state index in [4.69, 9.17) is 5.73 Å². The summed E-state index contributed by atoms with van der Waals surface area (Å²) in [4.78, 5) is -0.948. The molecule has 0 unspecified atom stereocenters. The van der Waals surface area contributed by atoms with Gasteiger partial charge in [0.25, 0.3) is 0 Å². The summed E-state index contributed by atoms with van der Waals surface area (Å²) in [5.74, 6) is -4.25. The van der Waals surface area contributed by atoms with E-state index in [1.807, 2.05) is 4.72 Å². The number of nitrogens with one attached hydrogen (secondary N) is 1. The molecule has 0 aliphatic carbocycles. The van der Waals surface area contributed by atoms with E-state index in [1.54, 1.807) is 0 Å². The van der Waals surface area contributed by atoms with Gasteiger partial charge in [0.1, 0.15) is 10.7 Å². The quantitative estimate of drug-likeness (QED) is 0.820. The van der Waals surface area contributed by atoms with Gasteiger partial charge in [0.15, 0.2) is 11.6 Å². The molecular formula is C9H12ClF3N2O2S. The Kier molecular flexibility index (Phi) is 6.08. The van der Waals surface area contributed by atoms with E-state index in [-0.39, 0.29) is 31.1 Å². The highest BCUT2D eigenvalue weighted by atomic mass is 35.5. The van der Waals surface area contributed by atoms with Gasteiger partial charge in [0.05, 0.1) is 0 Å². The van der Waals surface area contributed by atoms with Crippen LogP contribution in [0.15, 0.2) is 17.0 Å². The highest BCUT2D eigenvalue weighted by molar-refractivity contribution is 7.89. The molecule has 104 valence electrons. The minimum atomic E-state index is -4.25. The summed E-state index contributed by atoms with van der Waals surface area (Å²) in [6.45, 7) is 1.44. The first-order valence-electron chi connectivity index (χ1n) is 4.65. The molecule has 0 bridgehead atoms. The van der Waals surface area contributed by atoms with E-state index >= 15 is 0 Å². The summed E-state index contributed by atoms with van der Waals surface area (Å²) < 4.78 is 63.9. The number of sulfonamides is 1. The second-order valence-corrected chi connectivity index (χ2v) is 5.14. The molecule has 0 aliphatic heterocycles. The molecule has 0 heterocycles. The van der Waals surface area contributed by atoms with Gasteiger partial charge >= 0.3 is 0 Å². The zero-order valence-electron chi connectivity index (χ0n) is 9.28. The van der Waals surface area contributed by atoms with E-state index in [9.17, 15) is 21.6 Å². The Morgan fingerprint density at radius 1 is 1.22 bits per heavy atom. The molecule has 18 heavy (non-hydrogen) atoms. The van der Waals surface area contributed by atoms with Crippen LogP contribution in [0.1, 0.15) is 6.92 Å². The van der Waals surface area contributed by atoms with Gasteiger partial charge in [-0.3, -0.25) is 0 Å². The topological polar surface area (TPSA) is 72.2 Å². The molecule has 0 saturated carbocycles. The molecule has 0 spiro atoms. The van der Waals surface area contributed by atoms with Crippen LogP contribution in [-0.4, -0.2) is 21.0 Å². The molecule has 3 N–H and O–H groups in total. The minimum Gasteiger partial charge on any atom is -0.329 e. The third-order valence-corrected chi connectivity index (χ3v) is 3.58. The number of halogens is 4. The van der Waals surface area contributed by atoms with Gasteiger partial charge < -0.3 is 5.73 Å². The molecule has 0 saturated heterocycles. The van der Waals surface area contributed by atoms with Crippen molar-refractivity contribution in [1.29, 1.82) is 0 Å². The van der Waals surface area contributed by atoms with Crippen LogP contribution in [0.25, 0.3) is 0 Å². The van der Waals surface area contributed by atoms with Crippen LogP contribution in [0.5, 0.6) is 0 Å². The summed E-state index contributed by atoms with van der Waals surface area (Å²) in [6, 6.07) is -0.180. The van der Waals surface area contributed by atoms with Gasteiger partial charge in [-0.05, 0) is 13.0 Å². The molecule has 0 radical (unpaired) electrons. The average molecular weight is 305 g/mol. The lowest BCUT2D eigenvalue weighted by atomic mass is 10.3. The maximum Gasteiger partial charge on any atom is 0.243 e. The first-order chi connectivity index (χ1) is 7.77. The fraction of sp³-hybridized carbons (Fsp3) is 0.333. The van der Waals surface area contributed by atoms with Crippen LogP contribution in [0.3, 0.4) is 0 Å². The Labute approximate surface area is 109 Å². The molecule has 9 heteroatoms. The Balaban J connectivity index is 0.00000289. The molecule has 0 fully saturated rings. The Morgan fingerprint density at radius 2 is 1.72 bits per heavy atom. The van der Waals surface area contributed by atoms with E-state index in [1.165, 1.54) is 6.92 Å². The van der Waals surface area contributed by atoms with Gasteiger partial charge in [-0.1, -0.05) is 0 Å². The second-order valence-electron chi connectivity index (χ2n) is 3.45. The van der Waals surface area contributed by atoms with Gasteiger partial charge in [-0.15, -0.1) is 12.4 Å². The second kappa shape index (κ2) is 6.37. The first kappa shape index (κ1) is 17.2. The molecule has 1 aromatic rings. The van der Waals surface area contributed by atoms with Crippen molar-refractivity contribution < 1.29 is 21.6 Å². The van der Waals surface area contributed by atoms with E-state index in [0.29, 0.717) is 0 Å². The largest absolute Gasteiger partial charge is 0.329 e. The zero-order valence-corrected chi connectivity index (χ0v) is 10.9. The first-order valence-corrected chi connectivity index (χ1v) is 6.13. The third kappa shape index (κ3) is 3.84. The standard InChI is InChI=1S/C9H11F3N2O2S.ClH/c1-5(4-13)14-17(15,16)9-3-7(11)6(10)2-8(9)12;/h2-3,5,14H,4,13H2,1H3;1H/t5-;/m0./s1. The summed E-state index contributed by atoms with van der Waals surface area (Å²) in [7, 11) is -4.25. The molecule has 0 aromatic heterocycles. The van der Waals surface area contributed by atoms with Crippen LogP contribution >= 0.6 is 12.4 Å². The van der Waals surface area contributed by atoms with Gasteiger partial charge in [-0.2, -0.15) is 0 Å². The summed E-state index contributed by atoms with van der Waals surface area (Å²) >= 11 is 0. The SMILES string of the molecule is C[C@@H](CN)NS(=O)(=O)c1cc(F)c(F)cc1F.Cl. The van der Waals surface area contributed by atoms with E-state index < -0.39 is 38.4 Å². The van der Waals surface area contributed by atoms with E-state index in [2.05, 4.69) is 0 Å². The van der Waals surface area contributed by atoms with Crippen LogP contribution < -0.4 is 10.5 Å². The Morgan fingerprint density at radius 3 is 2.22 bits per heavy atom. The normalized spacial score (nSPS) is 12.9. The van der Waals surface area contributed by atoms with Crippen LogP contribution in [0.4, 0.5) is 13.2 Å². The number of hydrogen-bond acceptors (Lipinski definition) is 3. The lowest BCUT2D eigenvalue weighted by molar-refractivity contribution is 0.480. The summed E-state index contributed by atoms with van der Waals surface area (Å²) in [5.41, 5.74) is 5.19. The fourth-order valence-electron chi connectivity index (χ4n) is 1.09. The molecule has 0 aliphatic rings. The van der Waals surface area contributed by atoms with Crippen molar-refractivity contribution in [2.75, 3.05) is 6.54 Å². The lowest BCUT2D eigenvalue weighted by Crippen LogP contribution is -2.38. The number of nitrogens with two attached hydrogens (primary N) is 1. The Hall–Kier alpha value is -0.830. The Bertz CT molecular complexity index is 525. The van der Waals surface area contributed by atoms with Crippen molar-refractivity contribution in [2.24, 2.45) is 5.73 Å². The van der Waals surface area contributed by atoms with Crippen molar-refractivity contribution in [2.45, 2.75) is 17.9 Å². The highest BCUT2D eigenvalue weighted by Crippen LogP contribution is 2.18. The van der Waals surface area contributed by atoms with Crippen molar-refractivity contribution in [1.82, 2.24) is 4.72 Å². The van der Waals surface area contributed by atoms with Crippen molar-refractivity contribution in [3.05, 3.63) is 29.6 Å². The zero-order chi connectivity index (χ0) is 13.2. The van der Waals surface area contributed by atoms with Crippen LogP contribution in [0, 0.1) is 17.5 Å². The molecular weight excluding hydrogens is 293 g/mol. The fourth-order valence-corrected chi connectivity index (χ4v) is 2.41.